The molecule has 0 aromatic rings. The van der Waals surface area contributed by atoms with Gasteiger partial charge in [0, 0.05) is 7.05 Å². The highest BCUT2D eigenvalue weighted by molar-refractivity contribution is 7.89. The molecule has 5 heteroatoms. The van der Waals surface area contributed by atoms with Crippen molar-refractivity contribution in [2.45, 2.75) is 32.1 Å². The molecule has 1 fully saturated rings. The lowest BCUT2D eigenvalue weighted by Gasteiger charge is -2.23. The first-order valence-electron chi connectivity index (χ1n) is 5.37. The summed E-state index contributed by atoms with van der Waals surface area (Å²) in [5.41, 5.74) is 0. The van der Waals surface area contributed by atoms with Crippen molar-refractivity contribution in [1.82, 2.24) is 4.31 Å². The third kappa shape index (κ3) is 3.80. The second kappa shape index (κ2) is 5.47. The summed E-state index contributed by atoms with van der Waals surface area (Å²) in [5, 5.41) is 8.45. The molecule has 15 heavy (non-hydrogen) atoms. The zero-order chi connectivity index (χ0) is 11.3. The highest BCUT2D eigenvalue weighted by Gasteiger charge is 2.24. The van der Waals surface area contributed by atoms with Crippen molar-refractivity contribution in [3.8, 4) is 6.07 Å². The van der Waals surface area contributed by atoms with Crippen molar-refractivity contribution < 1.29 is 8.42 Å². The van der Waals surface area contributed by atoms with Gasteiger partial charge in [-0.25, -0.2) is 8.42 Å². The molecule has 1 aliphatic rings. The largest absolute Gasteiger partial charge is 0.215 e. The highest BCUT2D eigenvalue weighted by Crippen LogP contribution is 2.25. The average molecular weight is 230 g/mol. The Balaban J connectivity index is 2.51. The molecule has 1 rings (SSSR count). The van der Waals surface area contributed by atoms with Crippen LogP contribution in [0.5, 0.6) is 0 Å². The van der Waals surface area contributed by atoms with Gasteiger partial charge < -0.3 is 0 Å². The number of nitrogens with zero attached hydrogens (tertiary/aromatic N) is 2. The molecule has 0 saturated heterocycles. The van der Waals surface area contributed by atoms with Gasteiger partial charge in [0.1, 0.15) is 6.54 Å². The Labute approximate surface area is 91.9 Å². The van der Waals surface area contributed by atoms with Crippen molar-refractivity contribution in [3.63, 3.8) is 0 Å². The molecule has 0 unspecified atom stereocenters. The highest BCUT2D eigenvalue weighted by atomic mass is 32.2. The number of hydrogen-bond acceptors (Lipinski definition) is 3. The van der Waals surface area contributed by atoms with E-state index in [4.69, 9.17) is 5.26 Å². The van der Waals surface area contributed by atoms with E-state index >= 15 is 0 Å². The van der Waals surface area contributed by atoms with Crippen LogP contribution < -0.4 is 0 Å². The van der Waals surface area contributed by atoms with Crippen LogP contribution in [0.4, 0.5) is 0 Å². The molecule has 0 amide bonds. The van der Waals surface area contributed by atoms with Gasteiger partial charge in [-0.05, 0) is 18.8 Å². The fraction of sp³-hybridized carbons (Fsp3) is 0.900. The molecule has 1 saturated carbocycles. The van der Waals surface area contributed by atoms with Gasteiger partial charge in [-0.2, -0.15) is 9.57 Å². The van der Waals surface area contributed by atoms with E-state index < -0.39 is 10.0 Å². The van der Waals surface area contributed by atoms with Crippen molar-refractivity contribution in [2.75, 3.05) is 19.3 Å². The van der Waals surface area contributed by atoms with Crippen LogP contribution in [0, 0.1) is 17.2 Å². The summed E-state index contributed by atoms with van der Waals surface area (Å²) in [6.45, 7) is -0.0466. The summed E-state index contributed by atoms with van der Waals surface area (Å²) in [7, 11) is -1.74. The molecule has 0 atom stereocenters. The number of rotatable bonds is 4. The number of sulfonamides is 1. The van der Waals surface area contributed by atoms with E-state index in [1.165, 1.54) is 13.5 Å². The monoisotopic (exact) mass is 230 g/mol. The van der Waals surface area contributed by atoms with Crippen LogP contribution >= 0.6 is 0 Å². The van der Waals surface area contributed by atoms with Gasteiger partial charge in [0.05, 0.1) is 11.8 Å². The zero-order valence-electron chi connectivity index (χ0n) is 9.15. The third-order valence-corrected chi connectivity index (χ3v) is 4.91. The zero-order valence-corrected chi connectivity index (χ0v) is 9.96. The lowest BCUT2D eigenvalue weighted by atomic mass is 9.91. The SMILES string of the molecule is CN(CC#N)S(=O)(=O)CC1CCCCC1. The molecule has 4 nitrogen and oxygen atoms in total. The Bertz CT molecular complexity index is 326. The fourth-order valence-corrected chi connectivity index (χ4v) is 3.41. The predicted octanol–water partition coefficient (Wildman–Crippen LogP) is 1.35. The van der Waals surface area contributed by atoms with Crippen molar-refractivity contribution in [1.29, 1.82) is 5.26 Å². The summed E-state index contributed by atoms with van der Waals surface area (Å²) in [6, 6.07) is 1.86. The lowest BCUT2D eigenvalue weighted by molar-refractivity contribution is 0.378. The molecule has 0 heterocycles. The topological polar surface area (TPSA) is 61.2 Å². The summed E-state index contributed by atoms with van der Waals surface area (Å²) in [4.78, 5) is 0. The first kappa shape index (κ1) is 12.5. The van der Waals surface area contributed by atoms with Crippen molar-refractivity contribution in [2.24, 2.45) is 5.92 Å². The third-order valence-electron chi connectivity index (χ3n) is 2.94. The maximum Gasteiger partial charge on any atom is 0.215 e. The minimum absolute atomic E-state index is 0.0466. The minimum atomic E-state index is -3.21. The summed E-state index contributed by atoms with van der Waals surface area (Å²) in [5.74, 6) is 0.510. The minimum Gasteiger partial charge on any atom is -0.212 e. The Morgan fingerprint density at radius 3 is 2.47 bits per heavy atom. The molecule has 0 aliphatic heterocycles. The summed E-state index contributed by atoms with van der Waals surface area (Å²) >= 11 is 0. The first-order valence-corrected chi connectivity index (χ1v) is 6.98. The Kier molecular flexibility index (Phi) is 4.55. The second-order valence-corrected chi connectivity index (χ2v) is 6.32. The average Bonchev–Trinajstić information content (AvgIpc) is 2.19. The van der Waals surface area contributed by atoms with E-state index in [2.05, 4.69) is 0 Å². The molecule has 1 aliphatic carbocycles. The van der Waals surface area contributed by atoms with Crippen LogP contribution in [0.3, 0.4) is 0 Å². The summed E-state index contributed by atoms with van der Waals surface area (Å²) < 4.78 is 24.7. The fourth-order valence-electron chi connectivity index (χ4n) is 1.98. The molecule has 0 bridgehead atoms. The maximum absolute atomic E-state index is 11.8. The standard InChI is InChI=1S/C10H18N2O2S/c1-12(8-7-11)15(13,14)9-10-5-3-2-4-6-10/h10H,2-6,8-9H2,1H3. The maximum atomic E-state index is 11.8. The molecule has 0 spiro atoms. The first-order chi connectivity index (χ1) is 7.06. The van der Waals surface area contributed by atoms with E-state index in [0.29, 0.717) is 5.92 Å². The van der Waals surface area contributed by atoms with Crippen LogP contribution in [0.25, 0.3) is 0 Å². The Morgan fingerprint density at radius 1 is 1.33 bits per heavy atom. The van der Waals surface area contributed by atoms with Crippen molar-refractivity contribution in [3.05, 3.63) is 0 Å². The van der Waals surface area contributed by atoms with E-state index in [1.807, 2.05) is 6.07 Å². The van der Waals surface area contributed by atoms with Gasteiger partial charge >= 0.3 is 0 Å². The molecular formula is C10H18N2O2S. The van der Waals surface area contributed by atoms with Gasteiger partial charge in [0.2, 0.25) is 10.0 Å². The van der Waals surface area contributed by atoms with Crippen LogP contribution in [0.1, 0.15) is 32.1 Å². The van der Waals surface area contributed by atoms with E-state index in [1.54, 1.807) is 0 Å². The lowest BCUT2D eigenvalue weighted by Crippen LogP contribution is -2.33. The summed E-state index contributed by atoms with van der Waals surface area (Å²) in [6.07, 6.45) is 5.54. The van der Waals surface area contributed by atoms with Crippen LogP contribution in [-0.2, 0) is 10.0 Å². The molecule has 0 N–H and O–H groups in total. The molecule has 0 aromatic carbocycles. The number of nitriles is 1. The van der Waals surface area contributed by atoms with Gasteiger partial charge in [0.25, 0.3) is 0 Å². The smallest absolute Gasteiger partial charge is 0.212 e. The Hall–Kier alpha value is -0.600. The van der Waals surface area contributed by atoms with E-state index in [-0.39, 0.29) is 12.3 Å². The molecule has 0 radical (unpaired) electrons. The van der Waals surface area contributed by atoms with Crippen LogP contribution in [0.15, 0.2) is 0 Å². The normalized spacial score (nSPS) is 19.0. The van der Waals surface area contributed by atoms with Gasteiger partial charge in [-0.1, -0.05) is 19.3 Å². The van der Waals surface area contributed by atoms with Gasteiger partial charge in [-0.3, -0.25) is 0 Å². The molecular weight excluding hydrogens is 212 g/mol. The van der Waals surface area contributed by atoms with E-state index in [9.17, 15) is 8.42 Å². The van der Waals surface area contributed by atoms with Gasteiger partial charge in [0.15, 0.2) is 0 Å². The second-order valence-electron chi connectivity index (χ2n) is 4.20. The van der Waals surface area contributed by atoms with Crippen LogP contribution in [0.2, 0.25) is 0 Å². The predicted molar refractivity (Wildman–Crippen MR) is 58.6 cm³/mol. The quantitative estimate of drug-likeness (QED) is 0.685. The molecule has 0 aromatic heterocycles. The van der Waals surface area contributed by atoms with Crippen molar-refractivity contribution >= 4 is 10.0 Å². The number of hydrogen-bond donors (Lipinski definition) is 0. The van der Waals surface area contributed by atoms with E-state index in [0.717, 1.165) is 30.0 Å². The Morgan fingerprint density at radius 2 is 1.93 bits per heavy atom. The van der Waals surface area contributed by atoms with Crippen LogP contribution in [-0.4, -0.2) is 32.1 Å². The molecule has 86 valence electrons. The van der Waals surface area contributed by atoms with Gasteiger partial charge in [-0.15, -0.1) is 0 Å².